The van der Waals surface area contributed by atoms with Crippen molar-refractivity contribution in [1.29, 1.82) is 0 Å². The number of fused-ring (bicyclic) bond motifs is 21. The summed E-state index contributed by atoms with van der Waals surface area (Å²) in [6.07, 6.45) is 0. The Kier molecular flexibility index (Phi) is 17.9. The summed E-state index contributed by atoms with van der Waals surface area (Å²) in [5.41, 5.74) is 31.9. The molecule has 0 spiro atoms. The van der Waals surface area contributed by atoms with E-state index in [0.29, 0.717) is 0 Å². The molecule has 0 N–H and O–H groups in total. The summed E-state index contributed by atoms with van der Waals surface area (Å²) in [6, 6.07) is 173. The second-order valence-electron chi connectivity index (χ2n) is 37.5. The van der Waals surface area contributed by atoms with E-state index >= 15 is 0 Å². The maximum atomic E-state index is 5.47. The molecule has 3 aliphatic heterocycles. The Labute approximate surface area is 825 Å². The molecule has 0 radical (unpaired) electrons. The lowest BCUT2D eigenvalue weighted by molar-refractivity contribution is 1.05. The van der Waals surface area contributed by atoms with Crippen LogP contribution in [0.4, 0.5) is 51.6 Å². The van der Waals surface area contributed by atoms with Crippen LogP contribution in [-0.2, 0) is 0 Å². The van der Waals surface area contributed by atoms with Gasteiger partial charge in [0.05, 0.1) is 100 Å². The van der Waals surface area contributed by atoms with E-state index in [9.17, 15) is 0 Å². The van der Waals surface area contributed by atoms with Crippen LogP contribution in [-0.4, -0.2) is 43.6 Å². The fourth-order valence-corrected chi connectivity index (χ4v) is 23.2. The first kappa shape index (κ1) is 80.5. The van der Waals surface area contributed by atoms with Crippen LogP contribution in [0.1, 0.15) is 0 Å². The first-order valence-corrected chi connectivity index (χ1v) is 49.0. The molecule has 3 aliphatic rings. The van der Waals surface area contributed by atoms with Crippen molar-refractivity contribution in [2.24, 2.45) is 0 Å². The minimum atomic E-state index is 0.800. The maximum Gasteiger partial charge on any atom is 0.182 e. The molecule has 0 atom stereocenters. The van der Waals surface area contributed by atoms with Crippen LogP contribution in [0.5, 0.6) is 0 Å². The number of rotatable bonds is 8. The van der Waals surface area contributed by atoms with Gasteiger partial charge in [-0.25, -0.2) is 29.9 Å². The first-order valence-electron chi connectivity index (χ1n) is 49.0. The highest BCUT2D eigenvalue weighted by molar-refractivity contribution is 6.22. The van der Waals surface area contributed by atoms with Crippen molar-refractivity contribution in [3.05, 3.63) is 485 Å². The molecule has 144 heavy (non-hydrogen) atoms. The summed E-state index contributed by atoms with van der Waals surface area (Å²) in [4.78, 5) is 39.7. The predicted molar refractivity (Wildman–Crippen MR) is 599 cm³/mol. The van der Waals surface area contributed by atoms with Gasteiger partial charge in [0, 0.05) is 87.7 Å². The zero-order valence-corrected chi connectivity index (χ0v) is 77.6. The van der Waals surface area contributed by atoms with Gasteiger partial charge >= 0.3 is 0 Å². The second-order valence-corrected chi connectivity index (χ2v) is 37.5. The Morgan fingerprint density at radius 3 is 0.826 bits per heavy atom. The molecule has 9 heterocycles. The van der Waals surface area contributed by atoms with Crippen molar-refractivity contribution in [2.45, 2.75) is 0 Å². The third kappa shape index (κ3) is 12.5. The number of aromatic nitrogens is 9. The Morgan fingerprint density at radius 1 is 0.146 bits per heavy atom. The van der Waals surface area contributed by atoms with Gasteiger partial charge < -0.3 is 9.13 Å². The molecule has 23 aromatic carbocycles. The number of nitrogens with zero attached hydrogens (tertiary/aromatic N) is 12. The highest BCUT2D eigenvalue weighted by Gasteiger charge is 2.36. The molecule has 0 bridgehead atoms. The van der Waals surface area contributed by atoms with E-state index in [1.807, 2.05) is 36.4 Å². The van der Waals surface area contributed by atoms with Crippen LogP contribution in [0.2, 0.25) is 0 Å². The summed E-state index contributed by atoms with van der Waals surface area (Å²) in [6.45, 7) is 0. The van der Waals surface area contributed by atoms with Crippen LogP contribution in [0, 0.1) is 0 Å². The van der Waals surface area contributed by atoms with Gasteiger partial charge in [-0.15, -0.1) is 0 Å². The van der Waals surface area contributed by atoms with E-state index in [0.717, 1.165) is 146 Å². The van der Waals surface area contributed by atoms with Crippen LogP contribution in [0.15, 0.2) is 485 Å². The van der Waals surface area contributed by atoms with Crippen molar-refractivity contribution in [3.8, 4) is 73.1 Å². The summed E-state index contributed by atoms with van der Waals surface area (Å²) in [5, 5.41) is 21.7. The molecule has 0 fully saturated rings. The number of benzene rings is 23. The number of para-hydroxylation sites is 12. The van der Waals surface area contributed by atoms with Crippen molar-refractivity contribution in [2.75, 3.05) is 14.7 Å². The SMILES string of the molecule is c1ccc(-n2c3ccccc3c3cc(-c4nc5ccccc5nc4N4c5cc6ccccc6cc5-c5cccc6cccc4c56)ccc32)cc1.c1ccc(-n2c3ccccc3c3ccc(-c4nc5ccccc5nc4N4c5cc6ccccc6cc5-c5cccc6cccc4c56)cc32)cc1.c1ccc2cc3c(cc2c1)-c1cccc2cccc(c12)N3c1nc2ccccc2nc1-n1c2ccccc2c2ccccc21. The topological polar surface area (TPSA) is 102 Å². The van der Waals surface area contributed by atoms with Crippen LogP contribution in [0.3, 0.4) is 0 Å². The molecule has 32 rings (SSSR count). The lowest BCUT2D eigenvalue weighted by Gasteiger charge is -2.34. The lowest BCUT2D eigenvalue weighted by Crippen LogP contribution is -2.19. The van der Waals surface area contributed by atoms with E-state index in [2.05, 4.69) is 477 Å². The van der Waals surface area contributed by atoms with Crippen LogP contribution < -0.4 is 14.7 Å². The van der Waals surface area contributed by atoms with Gasteiger partial charge in [-0.05, 0) is 223 Å². The highest BCUT2D eigenvalue weighted by atomic mass is 15.3. The summed E-state index contributed by atoms with van der Waals surface area (Å²) < 4.78 is 7.01. The normalized spacial score (nSPS) is 12.4. The smallest absolute Gasteiger partial charge is 0.182 e. The monoisotopic (exact) mass is 1830 g/mol. The molecule has 0 amide bonds. The van der Waals surface area contributed by atoms with Gasteiger partial charge in [0.15, 0.2) is 23.3 Å². The van der Waals surface area contributed by atoms with Gasteiger partial charge in [-0.2, -0.15) is 0 Å². The summed E-state index contributed by atoms with van der Waals surface area (Å²) in [7, 11) is 0. The minimum absolute atomic E-state index is 0.800. The van der Waals surface area contributed by atoms with Crippen LogP contribution >= 0.6 is 0 Å². The Hall–Kier alpha value is -19.6. The molecule has 29 aromatic rings. The molecule has 0 saturated heterocycles. The average molecular weight is 1830 g/mol. The van der Waals surface area contributed by atoms with Gasteiger partial charge in [0.25, 0.3) is 0 Å². The van der Waals surface area contributed by atoms with E-state index in [-0.39, 0.29) is 0 Å². The minimum Gasteiger partial charge on any atom is -0.309 e. The molecule has 0 unspecified atom stereocenters. The molecule has 12 heteroatoms. The lowest BCUT2D eigenvalue weighted by atomic mass is 9.89. The van der Waals surface area contributed by atoms with Crippen molar-refractivity contribution in [1.82, 2.24) is 43.6 Å². The standard InChI is InChI=1S/2C46H28N4.C40H24N4/c1-2-16-33(17-3-1)49-40-22-9-6-18-34(40)36-27-32(24-25-41(36)49)45-46(48-39-21-8-7-20-38(39)47-45)50-42-23-11-15-29-14-10-19-35(44(29)42)37-26-30-12-4-5-13-31(30)28-43(37)50;1-2-16-33(17-3-1)49-40-22-9-6-18-34(40)35-25-24-32(28-42(35)49)45-46(48-39-21-8-7-20-38(39)47-45)50-41-23-11-15-29-14-10-19-36(44(29)41)37-26-30-12-4-5-13-31(30)27-43(37)50;1-2-12-27-24-37-31(23-26(27)11-1)30-17-9-13-25-14-10-22-36(38(25)30)44(37)40-39(41-32-18-5-6-19-33(32)42-40)43-34-20-7-3-15-28(34)29-16-4-8-21-35(29)43/h2*1-28H;1-24H. The van der Waals surface area contributed by atoms with Crippen molar-refractivity contribution < 1.29 is 0 Å². The molecule has 0 saturated carbocycles. The van der Waals surface area contributed by atoms with E-state index in [4.69, 9.17) is 29.9 Å². The third-order valence-electron chi connectivity index (χ3n) is 29.5. The second kappa shape index (κ2) is 32.0. The molecule has 668 valence electrons. The van der Waals surface area contributed by atoms with Crippen LogP contribution in [0.25, 0.3) is 236 Å². The fraction of sp³-hybridized carbons (Fsp3) is 0. The Balaban J connectivity index is 0.000000101. The molecule has 6 aromatic heterocycles. The molecule has 0 aliphatic carbocycles. The Bertz CT molecular complexity index is 10400. The quantitative estimate of drug-likeness (QED) is 0.147. The van der Waals surface area contributed by atoms with Gasteiger partial charge in [-0.1, -0.05) is 328 Å². The fourth-order valence-electron chi connectivity index (χ4n) is 23.2. The number of hydrogen-bond donors (Lipinski definition) is 0. The van der Waals surface area contributed by atoms with E-state index in [1.54, 1.807) is 0 Å². The first-order chi connectivity index (χ1) is 71.4. The molecular formula is C132H80N12. The largest absolute Gasteiger partial charge is 0.309 e. The zero-order chi connectivity index (χ0) is 94.3. The summed E-state index contributed by atoms with van der Waals surface area (Å²) in [5.74, 6) is 3.22. The van der Waals surface area contributed by atoms with Crippen molar-refractivity contribution in [3.63, 3.8) is 0 Å². The van der Waals surface area contributed by atoms with Gasteiger partial charge in [0.1, 0.15) is 11.4 Å². The van der Waals surface area contributed by atoms with Gasteiger partial charge in [-0.3, -0.25) is 19.3 Å². The average Bonchev–Trinajstić information content (AvgIpc) is 0.801. The summed E-state index contributed by atoms with van der Waals surface area (Å²) >= 11 is 0. The van der Waals surface area contributed by atoms with Gasteiger partial charge in [0.2, 0.25) is 0 Å². The predicted octanol–water partition coefficient (Wildman–Crippen LogP) is 34.8. The number of anilines is 9. The number of hydrogen-bond acceptors (Lipinski definition) is 9. The van der Waals surface area contributed by atoms with E-state index < -0.39 is 0 Å². The molecular weight excluding hydrogens is 1750 g/mol. The Morgan fingerprint density at radius 2 is 0.424 bits per heavy atom. The zero-order valence-electron chi connectivity index (χ0n) is 77.6. The highest BCUT2D eigenvalue weighted by Crippen LogP contribution is 2.59. The van der Waals surface area contributed by atoms with Crippen molar-refractivity contribution >= 4 is 215 Å². The van der Waals surface area contributed by atoms with E-state index in [1.165, 1.54) is 141 Å². The maximum absolute atomic E-state index is 5.47. The third-order valence-corrected chi connectivity index (χ3v) is 29.5. The molecule has 12 nitrogen and oxygen atoms in total.